The van der Waals surface area contributed by atoms with Gasteiger partial charge in [-0.1, -0.05) is 55.3 Å². The zero-order valence-corrected chi connectivity index (χ0v) is 23.1. The van der Waals surface area contributed by atoms with Gasteiger partial charge in [0.15, 0.2) is 0 Å². The highest BCUT2D eigenvalue weighted by atomic mass is 32.1. The van der Waals surface area contributed by atoms with Crippen LogP contribution in [0.1, 0.15) is 65.7 Å². The normalized spacial score (nSPS) is 19.9. The third-order valence-corrected chi connectivity index (χ3v) is 9.53. The van der Waals surface area contributed by atoms with Crippen LogP contribution in [-0.4, -0.2) is 51.1 Å². The molecule has 2 aliphatic heterocycles. The quantitative estimate of drug-likeness (QED) is 0.459. The lowest BCUT2D eigenvalue weighted by Gasteiger charge is -2.36. The molecule has 1 aliphatic carbocycles. The third kappa shape index (κ3) is 4.98. The molecule has 1 saturated carbocycles. The number of aryl methyl sites for hydroxylation is 1. The van der Waals surface area contributed by atoms with Crippen molar-refractivity contribution in [2.75, 3.05) is 6.54 Å². The van der Waals surface area contributed by atoms with E-state index in [4.69, 9.17) is 0 Å². The molecule has 7 nitrogen and oxygen atoms in total. The highest BCUT2D eigenvalue weighted by molar-refractivity contribution is 7.13. The second-order valence-corrected chi connectivity index (χ2v) is 11.8. The molecule has 0 spiro atoms. The Morgan fingerprint density at radius 2 is 1.82 bits per heavy atom. The fourth-order valence-electron chi connectivity index (χ4n) is 6.50. The Morgan fingerprint density at radius 1 is 1.05 bits per heavy atom. The van der Waals surface area contributed by atoms with Crippen LogP contribution < -0.4 is 5.32 Å². The molecule has 202 valence electrons. The number of carbonyl (C=O) groups is 3. The highest BCUT2D eigenvalue weighted by Crippen LogP contribution is 2.36. The summed E-state index contributed by atoms with van der Waals surface area (Å²) in [4.78, 5) is 49.9. The van der Waals surface area contributed by atoms with Crippen molar-refractivity contribution < 1.29 is 14.4 Å². The molecule has 2 atom stereocenters. The maximum absolute atomic E-state index is 14.1. The fourth-order valence-corrected chi connectivity index (χ4v) is 7.31. The lowest BCUT2D eigenvalue weighted by atomic mass is 9.94. The first kappa shape index (κ1) is 25.7. The second kappa shape index (κ2) is 10.9. The Hall–Kier alpha value is -3.52. The Labute approximate surface area is 233 Å². The number of thiazole rings is 1. The Kier molecular flexibility index (Phi) is 7.21. The zero-order valence-electron chi connectivity index (χ0n) is 22.3. The summed E-state index contributed by atoms with van der Waals surface area (Å²) < 4.78 is 0. The second-order valence-electron chi connectivity index (χ2n) is 11.0. The van der Waals surface area contributed by atoms with Crippen molar-refractivity contribution in [1.29, 1.82) is 0 Å². The summed E-state index contributed by atoms with van der Waals surface area (Å²) in [6, 6.07) is 14.8. The Bertz CT molecular complexity index is 1380. The van der Waals surface area contributed by atoms with Crippen LogP contribution in [0.15, 0.2) is 54.0 Å². The number of nitrogens with one attached hydrogen (secondary N) is 1. The molecular formula is C31H34N4O3S. The maximum atomic E-state index is 14.1. The molecule has 6 rings (SSSR count). The summed E-state index contributed by atoms with van der Waals surface area (Å²) >= 11 is 1.62. The van der Waals surface area contributed by atoms with Gasteiger partial charge in [-0.2, -0.15) is 0 Å². The Morgan fingerprint density at radius 3 is 2.54 bits per heavy atom. The maximum Gasteiger partial charge on any atom is 0.255 e. The predicted octanol–water partition coefficient (Wildman–Crippen LogP) is 4.94. The van der Waals surface area contributed by atoms with Gasteiger partial charge in [0.05, 0.1) is 16.1 Å². The molecule has 2 fully saturated rings. The topological polar surface area (TPSA) is 82.6 Å². The first-order valence-corrected chi connectivity index (χ1v) is 14.9. The number of rotatable bonds is 7. The molecule has 1 saturated heterocycles. The zero-order chi connectivity index (χ0) is 26.9. The van der Waals surface area contributed by atoms with E-state index in [1.165, 1.54) is 0 Å². The summed E-state index contributed by atoms with van der Waals surface area (Å²) in [7, 11) is 0. The van der Waals surface area contributed by atoms with Crippen molar-refractivity contribution in [1.82, 2.24) is 20.1 Å². The van der Waals surface area contributed by atoms with E-state index in [2.05, 4.69) is 22.4 Å². The minimum absolute atomic E-state index is 0.0620. The van der Waals surface area contributed by atoms with Crippen molar-refractivity contribution in [3.8, 4) is 10.4 Å². The Balaban J connectivity index is 1.14. The van der Waals surface area contributed by atoms with Gasteiger partial charge in [0, 0.05) is 25.2 Å². The summed E-state index contributed by atoms with van der Waals surface area (Å²) in [5, 5.41) is 3.07. The third-order valence-electron chi connectivity index (χ3n) is 8.55. The molecule has 3 heterocycles. The van der Waals surface area contributed by atoms with E-state index in [1.54, 1.807) is 21.1 Å². The van der Waals surface area contributed by atoms with Crippen molar-refractivity contribution in [3.63, 3.8) is 0 Å². The molecule has 8 heteroatoms. The number of likely N-dealkylation sites (tertiary alicyclic amines) is 1. The number of aromatic nitrogens is 1. The van der Waals surface area contributed by atoms with E-state index in [9.17, 15) is 14.4 Å². The van der Waals surface area contributed by atoms with E-state index >= 15 is 0 Å². The predicted molar refractivity (Wildman–Crippen MR) is 151 cm³/mol. The van der Waals surface area contributed by atoms with Gasteiger partial charge in [0.1, 0.15) is 12.1 Å². The number of amides is 3. The van der Waals surface area contributed by atoms with Gasteiger partial charge < -0.3 is 15.1 Å². The summed E-state index contributed by atoms with van der Waals surface area (Å²) in [5.74, 6) is -0.108. The van der Waals surface area contributed by atoms with Crippen molar-refractivity contribution in [2.45, 2.75) is 70.6 Å². The van der Waals surface area contributed by atoms with E-state index in [0.29, 0.717) is 31.6 Å². The van der Waals surface area contributed by atoms with E-state index in [0.717, 1.165) is 59.4 Å². The lowest BCUT2D eigenvalue weighted by Crippen LogP contribution is -2.55. The summed E-state index contributed by atoms with van der Waals surface area (Å²) in [6.07, 6.45) is 5.48. The molecule has 0 radical (unpaired) electrons. The van der Waals surface area contributed by atoms with Gasteiger partial charge in [-0.05, 0) is 61.3 Å². The number of fused-ring (bicyclic) bond motifs is 1. The first-order valence-electron chi connectivity index (χ1n) is 14.0. The molecular weight excluding hydrogens is 508 g/mol. The van der Waals surface area contributed by atoms with E-state index < -0.39 is 12.1 Å². The van der Waals surface area contributed by atoms with Gasteiger partial charge >= 0.3 is 0 Å². The van der Waals surface area contributed by atoms with Crippen LogP contribution in [0.25, 0.3) is 10.4 Å². The fraction of sp³-hybridized carbons (Fsp3) is 0.419. The van der Waals surface area contributed by atoms with E-state index in [1.807, 2.05) is 48.8 Å². The van der Waals surface area contributed by atoms with Gasteiger partial charge in [-0.25, -0.2) is 4.98 Å². The smallest absolute Gasteiger partial charge is 0.255 e. The van der Waals surface area contributed by atoms with Gasteiger partial charge in [0.2, 0.25) is 11.8 Å². The summed E-state index contributed by atoms with van der Waals surface area (Å²) in [6.45, 7) is 3.43. The molecule has 39 heavy (non-hydrogen) atoms. The van der Waals surface area contributed by atoms with Crippen LogP contribution in [0, 0.1) is 12.8 Å². The minimum Gasteiger partial charge on any atom is -0.350 e. The van der Waals surface area contributed by atoms with Crippen LogP contribution in [0.5, 0.6) is 0 Å². The molecule has 2 aromatic carbocycles. The molecule has 1 aromatic heterocycles. The average molecular weight is 543 g/mol. The van der Waals surface area contributed by atoms with Gasteiger partial charge in [0.25, 0.3) is 5.91 Å². The highest BCUT2D eigenvalue weighted by Gasteiger charge is 2.46. The molecule has 3 aromatic rings. The van der Waals surface area contributed by atoms with Crippen molar-refractivity contribution in [2.24, 2.45) is 5.92 Å². The van der Waals surface area contributed by atoms with Crippen LogP contribution >= 0.6 is 11.3 Å². The molecule has 0 bridgehead atoms. The number of nitrogens with zero attached hydrogens (tertiary/aromatic N) is 3. The largest absolute Gasteiger partial charge is 0.350 e. The lowest BCUT2D eigenvalue weighted by molar-refractivity contribution is -0.143. The number of carbonyl (C=O) groups excluding carboxylic acids is 3. The number of hydrogen-bond donors (Lipinski definition) is 1. The number of benzene rings is 2. The molecule has 1 N–H and O–H groups in total. The molecule has 2 unspecified atom stereocenters. The van der Waals surface area contributed by atoms with Crippen LogP contribution in [0.2, 0.25) is 0 Å². The van der Waals surface area contributed by atoms with Gasteiger partial charge in [-0.3, -0.25) is 14.4 Å². The van der Waals surface area contributed by atoms with Crippen molar-refractivity contribution in [3.05, 3.63) is 76.4 Å². The van der Waals surface area contributed by atoms with Crippen molar-refractivity contribution >= 4 is 29.1 Å². The average Bonchev–Trinajstić information content (AvgIpc) is 3.77. The SMILES string of the molecule is Cc1ncsc1-c1ccc(CNC(=O)C2CCCN2C(=O)C(C2CCCC2)N2Cc3ccccc3C2=O)cc1. The monoisotopic (exact) mass is 542 g/mol. The molecule has 3 amide bonds. The molecule has 3 aliphatic rings. The minimum atomic E-state index is -0.511. The standard InChI is InChI=1S/C31H34N4O3S/c1-20-28(39-19-33-20)23-14-12-21(13-15-23)17-32-29(36)26-11-6-16-34(26)31(38)27(22-7-2-3-8-22)35-18-24-9-4-5-10-25(24)30(35)37/h4-5,9-10,12-15,19,22,26-27H,2-3,6-8,11,16-18H2,1H3,(H,32,36). The van der Waals surface area contributed by atoms with Crippen LogP contribution in [0.3, 0.4) is 0 Å². The first-order chi connectivity index (χ1) is 19.0. The van der Waals surface area contributed by atoms with Gasteiger partial charge in [-0.15, -0.1) is 11.3 Å². The van der Waals surface area contributed by atoms with Crippen LogP contribution in [0.4, 0.5) is 0 Å². The van der Waals surface area contributed by atoms with Crippen LogP contribution in [-0.2, 0) is 22.7 Å². The number of hydrogen-bond acceptors (Lipinski definition) is 5. The summed E-state index contributed by atoms with van der Waals surface area (Å²) in [5.41, 5.74) is 6.67. The van der Waals surface area contributed by atoms with E-state index in [-0.39, 0.29) is 23.6 Å².